The zero-order chi connectivity index (χ0) is 11.9. The van der Waals surface area contributed by atoms with Crippen LogP contribution in [0.2, 0.25) is 0 Å². The molecule has 0 aliphatic rings. The van der Waals surface area contributed by atoms with Gasteiger partial charge in [0.15, 0.2) is 0 Å². The average Bonchev–Trinajstić information content (AvgIpc) is 2.31. The van der Waals surface area contributed by atoms with Crippen LogP contribution in [0.4, 0.5) is 0 Å². The van der Waals surface area contributed by atoms with Gasteiger partial charge in [0, 0.05) is 0 Å². The molecule has 2 heteroatoms. The second-order valence-corrected chi connectivity index (χ2v) is 8.15. The predicted molar refractivity (Wildman–Crippen MR) is 76.3 cm³/mol. The van der Waals surface area contributed by atoms with Gasteiger partial charge in [-0.15, -0.1) is 0 Å². The van der Waals surface area contributed by atoms with E-state index in [-0.39, 0.29) is 0 Å². The summed E-state index contributed by atoms with van der Waals surface area (Å²) in [5, 5.41) is 1.47. The summed E-state index contributed by atoms with van der Waals surface area (Å²) in [6, 6.07) is 10.9. The molecule has 16 heavy (non-hydrogen) atoms. The van der Waals surface area contributed by atoms with E-state index in [1.807, 2.05) is 0 Å². The quantitative estimate of drug-likeness (QED) is 0.658. The number of rotatable bonds is 7. The maximum atomic E-state index is 6.24. The van der Waals surface area contributed by atoms with Crippen LogP contribution < -0.4 is 5.30 Å². The minimum atomic E-state index is -1.67. The first-order chi connectivity index (χ1) is 7.79. The van der Waals surface area contributed by atoms with Crippen LogP contribution in [0, 0.1) is 0 Å². The monoisotopic (exact) mass is 240 g/mol. The number of hydrogen-bond acceptors (Lipinski definition) is 1. The SMILES string of the molecule is CCC[PH](CCC)(OCC)c1ccccc1. The summed E-state index contributed by atoms with van der Waals surface area (Å²) in [7, 11) is -1.67. The molecule has 1 rings (SSSR count). The number of benzene rings is 1. The van der Waals surface area contributed by atoms with Crippen molar-refractivity contribution in [1.29, 1.82) is 0 Å². The Hall–Kier alpha value is -0.390. The fraction of sp³-hybridized carbons (Fsp3) is 0.571. The molecule has 1 aromatic carbocycles. The topological polar surface area (TPSA) is 9.23 Å². The van der Waals surface area contributed by atoms with E-state index < -0.39 is 7.49 Å². The van der Waals surface area contributed by atoms with Crippen LogP contribution in [0.3, 0.4) is 0 Å². The van der Waals surface area contributed by atoms with Gasteiger partial charge in [-0.05, 0) is 0 Å². The van der Waals surface area contributed by atoms with Crippen molar-refractivity contribution in [1.82, 2.24) is 0 Å². The zero-order valence-electron chi connectivity index (χ0n) is 10.8. The molecule has 0 aliphatic carbocycles. The van der Waals surface area contributed by atoms with E-state index >= 15 is 0 Å². The molecule has 0 heterocycles. The fourth-order valence-electron chi connectivity index (χ4n) is 2.47. The molecule has 0 N–H and O–H groups in total. The van der Waals surface area contributed by atoms with Crippen LogP contribution in [0.15, 0.2) is 30.3 Å². The van der Waals surface area contributed by atoms with E-state index in [2.05, 4.69) is 51.1 Å². The molecule has 0 atom stereocenters. The van der Waals surface area contributed by atoms with E-state index in [1.54, 1.807) is 0 Å². The molecule has 0 radical (unpaired) electrons. The second kappa shape index (κ2) is 7.04. The standard InChI is InChI=1S/C14H25OP/c1-4-12-16(13-5-2,15-6-3)14-10-8-7-9-11-14/h7-11,16H,4-6,12-13H2,1-3H3. The molecule has 0 amide bonds. The minimum absolute atomic E-state index is 0.848. The summed E-state index contributed by atoms with van der Waals surface area (Å²) in [4.78, 5) is 0. The van der Waals surface area contributed by atoms with Gasteiger partial charge in [-0.2, -0.15) is 0 Å². The summed E-state index contributed by atoms with van der Waals surface area (Å²) in [6.45, 7) is 7.50. The molecule has 1 nitrogen and oxygen atoms in total. The number of hydrogen-bond donors (Lipinski definition) is 0. The summed E-state index contributed by atoms with van der Waals surface area (Å²) in [5.74, 6) is 0. The van der Waals surface area contributed by atoms with E-state index in [0.717, 1.165) is 6.61 Å². The molecule has 0 saturated carbocycles. The van der Waals surface area contributed by atoms with Crippen LogP contribution in [-0.4, -0.2) is 18.9 Å². The molecular formula is C14H25OP. The van der Waals surface area contributed by atoms with E-state index in [4.69, 9.17) is 4.52 Å². The van der Waals surface area contributed by atoms with Crippen LogP contribution in [-0.2, 0) is 4.52 Å². The van der Waals surface area contributed by atoms with Crippen molar-refractivity contribution in [3.05, 3.63) is 30.3 Å². The molecular weight excluding hydrogens is 215 g/mol. The van der Waals surface area contributed by atoms with Gasteiger partial charge in [0.2, 0.25) is 0 Å². The predicted octanol–water partition coefficient (Wildman–Crippen LogP) is 3.83. The average molecular weight is 240 g/mol. The van der Waals surface area contributed by atoms with Gasteiger partial charge >= 0.3 is 100 Å². The summed E-state index contributed by atoms with van der Waals surface area (Å²) >= 11 is 0. The van der Waals surface area contributed by atoms with Crippen molar-refractivity contribution < 1.29 is 4.52 Å². The Morgan fingerprint density at radius 2 is 1.50 bits per heavy atom. The van der Waals surface area contributed by atoms with Crippen LogP contribution >= 0.6 is 7.49 Å². The van der Waals surface area contributed by atoms with Gasteiger partial charge < -0.3 is 0 Å². The van der Waals surface area contributed by atoms with E-state index in [1.165, 1.54) is 30.5 Å². The third kappa shape index (κ3) is 3.30. The molecule has 0 aliphatic heterocycles. The first-order valence-corrected chi connectivity index (χ1v) is 8.80. The van der Waals surface area contributed by atoms with Crippen molar-refractivity contribution >= 4 is 12.8 Å². The van der Waals surface area contributed by atoms with E-state index in [9.17, 15) is 0 Å². The van der Waals surface area contributed by atoms with Crippen LogP contribution in [0.5, 0.6) is 0 Å². The molecule has 0 bridgehead atoms. The first kappa shape index (κ1) is 13.7. The van der Waals surface area contributed by atoms with Crippen molar-refractivity contribution in [3.8, 4) is 0 Å². The van der Waals surface area contributed by atoms with Crippen molar-refractivity contribution in [3.63, 3.8) is 0 Å². The Morgan fingerprint density at radius 3 is 1.94 bits per heavy atom. The molecule has 1 aromatic rings. The molecule has 0 unspecified atom stereocenters. The summed E-state index contributed by atoms with van der Waals surface area (Å²) in [6.07, 6.45) is 4.94. The maximum absolute atomic E-state index is 6.24. The van der Waals surface area contributed by atoms with Crippen molar-refractivity contribution in [2.75, 3.05) is 18.9 Å². The Bertz CT molecular complexity index is 267. The van der Waals surface area contributed by atoms with Gasteiger partial charge in [-0.3, -0.25) is 0 Å². The zero-order valence-corrected chi connectivity index (χ0v) is 11.8. The van der Waals surface area contributed by atoms with E-state index in [0.29, 0.717) is 0 Å². The van der Waals surface area contributed by atoms with Gasteiger partial charge in [-0.25, -0.2) is 0 Å². The van der Waals surface area contributed by atoms with Crippen molar-refractivity contribution in [2.45, 2.75) is 33.6 Å². The fourth-order valence-corrected chi connectivity index (χ4v) is 6.72. The van der Waals surface area contributed by atoms with Crippen LogP contribution in [0.1, 0.15) is 33.6 Å². The molecule has 0 aromatic heterocycles. The van der Waals surface area contributed by atoms with Gasteiger partial charge in [0.05, 0.1) is 0 Å². The van der Waals surface area contributed by atoms with Gasteiger partial charge in [-0.1, -0.05) is 0 Å². The molecule has 0 saturated heterocycles. The third-order valence-corrected chi connectivity index (χ3v) is 7.87. The van der Waals surface area contributed by atoms with Gasteiger partial charge in [0.25, 0.3) is 0 Å². The summed E-state index contributed by atoms with van der Waals surface area (Å²) < 4.78 is 6.24. The summed E-state index contributed by atoms with van der Waals surface area (Å²) in [5.41, 5.74) is 0. The normalized spacial score (nSPS) is 12.7. The molecule has 0 fully saturated rings. The first-order valence-electron chi connectivity index (χ1n) is 6.48. The Labute approximate surface area is 101 Å². The third-order valence-electron chi connectivity index (χ3n) is 3.03. The van der Waals surface area contributed by atoms with Crippen LogP contribution in [0.25, 0.3) is 0 Å². The molecule has 92 valence electrons. The second-order valence-electron chi connectivity index (χ2n) is 4.29. The van der Waals surface area contributed by atoms with Gasteiger partial charge in [0.1, 0.15) is 0 Å². The van der Waals surface area contributed by atoms with Crippen molar-refractivity contribution in [2.24, 2.45) is 0 Å². The Balaban J connectivity index is 2.99. The Morgan fingerprint density at radius 1 is 0.938 bits per heavy atom. The Kier molecular flexibility index (Phi) is 6.01. The molecule has 0 spiro atoms.